The summed E-state index contributed by atoms with van der Waals surface area (Å²) in [6.45, 7) is 6.52. The summed E-state index contributed by atoms with van der Waals surface area (Å²) in [4.78, 5) is 38.3. The topological polar surface area (TPSA) is 78.9 Å². The Morgan fingerprint density at radius 3 is 0.824 bits per heavy atom. The molecule has 0 aliphatic heterocycles. The van der Waals surface area contributed by atoms with Gasteiger partial charge < -0.3 is 14.2 Å². The van der Waals surface area contributed by atoms with Crippen LogP contribution in [0.3, 0.4) is 0 Å². The van der Waals surface area contributed by atoms with Crippen molar-refractivity contribution in [3.8, 4) is 0 Å². The van der Waals surface area contributed by atoms with E-state index in [1.165, 1.54) is 199 Å². The highest BCUT2D eigenvalue weighted by Gasteiger charge is 2.19. The SMILES string of the molecule is CC/C=C\C/C=C\C/C=C\C/C=C\C/C=C\C/C=C\CCC(=O)OC[C@@H](COC(=O)CCCCCCCCCCCCCCCCCCCC)OC(=O)CCCCCCCCCCCCCCCCCCCCC. The van der Waals surface area contributed by atoms with Crippen molar-refractivity contribution in [2.45, 2.75) is 329 Å². The molecule has 0 radical (unpaired) electrons. The van der Waals surface area contributed by atoms with Gasteiger partial charge in [-0.25, -0.2) is 0 Å². The van der Waals surface area contributed by atoms with Gasteiger partial charge >= 0.3 is 17.9 Å². The largest absolute Gasteiger partial charge is 0.462 e. The second-order valence-corrected chi connectivity index (χ2v) is 21.3. The van der Waals surface area contributed by atoms with Gasteiger partial charge in [-0.2, -0.15) is 0 Å². The number of allylic oxidation sites excluding steroid dienone is 12. The quantitative estimate of drug-likeness (QED) is 0.0261. The lowest BCUT2D eigenvalue weighted by Crippen LogP contribution is -2.30. The fraction of sp³-hybridized carbons (Fsp3) is 0.779. The van der Waals surface area contributed by atoms with Crippen LogP contribution >= 0.6 is 0 Å². The predicted molar refractivity (Wildman–Crippen MR) is 321 cm³/mol. The van der Waals surface area contributed by atoms with Crippen LogP contribution in [0.15, 0.2) is 72.9 Å². The minimum Gasteiger partial charge on any atom is -0.462 e. The van der Waals surface area contributed by atoms with Crippen molar-refractivity contribution < 1.29 is 28.6 Å². The summed E-state index contributed by atoms with van der Waals surface area (Å²) in [5.74, 6) is -0.963. The molecule has 0 heterocycles. The molecule has 0 aliphatic rings. The molecule has 6 nitrogen and oxygen atoms in total. The Morgan fingerprint density at radius 2 is 0.527 bits per heavy atom. The zero-order valence-corrected chi connectivity index (χ0v) is 49.1. The average Bonchev–Trinajstić information content (AvgIpc) is 3.40. The summed E-state index contributed by atoms with van der Waals surface area (Å²) >= 11 is 0. The third kappa shape index (κ3) is 59.7. The highest BCUT2D eigenvalue weighted by molar-refractivity contribution is 5.71. The lowest BCUT2D eigenvalue weighted by molar-refractivity contribution is -0.166. The summed E-state index contributed by atoms with van der Waals surface area (Å²) in [5, 5.41) is 0. The lowest BCUT2D eigenvalue weighted by atomic mass is 10.0. The summed E-state index contributed by atoms with van der Waals surface area (Å²) in [6, 6.07) is 0. The molecule has 0 aromatic rings. The summed E-state index contributed by atoms with van der Waals surface area (Å²) in [7, 11) is 0. The van der Waals surface area contributed by atoms with Crippen LogP contribution in [0.1, 0.15) is 323 Å². The zero-order chi connectivity index (χ0) is 53.6. The number of unbranched alkanes of at least 4 members (excludes halogenated alkanes) is 35. The highest BCUT2D eigenvalue weighted by atomic mass is 16.6. The Kier molecular flexibility index (Phi) is 59.7. The van der Waals surface area contributed by atoms with Crippen LogP contribution in [0, 0.1) is 0 Å². The van der Waals surface area contributed by atoms with E-state index in [9.17, 15) is 14.4 Å². The second kappa shape index (κ2) is 62.4. The maximum absolute atomic E-state index is 12.9. The molecule has 0 bridgehead atoms. The number of hydrogen-bond acceptors (Lipinski definition) is 6. The Morgan fingerprint density at radius 1 is 0.284 bits per heavy atom. The van der Waals surface area contributed by atoms with Crippen LogP contribution in [-0.4, -0.2) is 37.2 Å². The molecule has 74 heavy (non-hydrogen) atoms. The van der Waals surface area contributed by atoms with Crippen molar-refractivity contribution in [3.63, 3.8) is 0 Å². The molecule has 0 aromatic carbocycles. The number of carbonyl (C=O) groups is 3. The van der Waals surface area contributed by atoms with Crippen LogP contribution in [0.4, 0.5) is 0 Å². The van der Waals surface area contributed by atoms with Gasteiger partial charge in [-0.15, -0.1) is 0 Å². The van der Waals surface area contributed by atoms with Crippen molar-refractivity contribution in [3.05, 3.63) is 72.9 Å². The number of hydrogen-bond donors (Lipinski definition) is 0. The molecular weight excluding hydrogens is 913 g/mol. The number of carbonyl (C=O) groups excluding carboxylic acids is 3. The van der Waals surface area contributed by atoms with Crippen LogP contribution in [-0.2, 0) is 28.6 Å². The molecule has 1 atom stereocenters. The van der Waals surface area contributed by atoms with E-state index in [0.29, 0.717) is 19.3 Å². The first-order chi connectivity index (χ1) is 36.5. The maximum Gasteiger partial charge on any atom is 0.306 e. The van der Waals surface area contributed by atoms with Gasteiger partial charge in [-0.3, -0.25) is 14.4 Å². The number of rotatable bonds is 58. The smallest absolute Gasteiger partial charge is 0.306 e. The first kappa shape index (κ1) is 70.8. The van der Waals surface area contributed by atoms with Crippen molar-refractivity contribution in [1.29, 1.82) is 0 Å². The Hall–Kier alpha value is -3.15. The summed E-state index contributed by atoms with van der Waals surface area (Å²) in [6.07, 6.45) is 80.6. The van der Waals surface area contributed by atoms with Crippen LogP contribution in [0.25, 0.3) is 0 Å². The van der Waals surface area contributed by atoms with Crippen molar-refractivity contribution in [1.82, 2.24) is 0 Å². The van der Waals surface area contributed by atoms with E-state index in [0.717, 1.165) is 77.0 Å². The molecule has 0 saturated heterocycles. The molecule has 0 aliphatic carbocycles. The van der Waals surface area contributed by atoms with Gasteiger partial charge in [-0.1, -0.05) is 318 Å². The Labute approximate surface area is 459 Å². The van der Waals surface area contributed by atoms with Crippen molar-refractivity contribution in [2.24, 2.45) is 0 Å². The zero-order valence-electron chi connectivity index (χ0n) is 49.1. The van der Waals surface area contributed by atoms with Crippen LogP contribution < -0.4 is 0 Å². The van der Waals surface area contributed by atoms with E-state index in [1.54, 1.807) is 0 Å². The van der Waals surface area contributed by atoms with E-state index >= 15 is 0 Å². The fourth-order valence-electron chi connectivity index (χ4n) is 9.24. The Balaban J connectivity index is 4.44. The molecule has 0 amide bonds. The lowest BCUT2D eigenvalue weighted by Gasteiger charge is -2.18. The monoisotopic (exact) mass is 1030 g/mol. The van der Waals surface area contributed by atoms with Gasteiger partial charge in [0.1, 0.15) is 13.2 Å². The predicted octanol–water partition coefficient (Wildman–Crippen LogP) is 21.7. The molecule has 0 spiro atoms. The average molecular weight is 1030 g/mol. The van der Waals surface area contributed by atoms with Crippen LogP contribution in [0.2, 0.25) is 0 Å². The first-order valence-electron chi connectivity index (χ1n) is 31.9. The molecule has 0 fully saturated rings. The van der Waals surface area contributed by atoms with Gasteiger partial charge in [0, 0.05) is 19.3 Å². The minimum atomic E-state index is -0.804. The third-order valence-corrected chi connectivity index (χ3v) is 14.0. The molecule has 0 N–H and O–H groups in total. The van der Waals surface area contributed by atoms with E-state index in [2.05, 4.69) is 87.6 Å². The maximum atomic E-state index is 12.9. The molecule has 6 heteroatoms. The van der Waals surface area contributed by atoms with Gasteiger partial charge in [0.2, 0.25) is 0 Å². The fourth-order valence-corrected chi connectivity index (χ4v) is 9.24. The van der Waals surface area contributed by atoms with Crippen molar-refractivity contribution in [2.75, 3.05) is 13.2 Å². The molecule has 0 aromatic heterocycles. The van der Waals surface area contributed by atoms with E-state index in [4.69, 9.17) is 14.2 Å². The molecule has 0 rings (SSSR count). The number of ether oxygens (including phenoxy) is 3. The second-order valence-electron chi connectivity index (χ2n) is 21.3. The highest BCUT2D eigenvalue weighted by Crippen LogP contribution is 2.17. The van der Waals surface area contributed by atoms with Crippen LogP contribution in [0.5, 0.6) is 0 Å². The molecule has 0 saturated carbocycles. The molecular formula is C68H120O6. The van der Waals surface area contributed by atoms with Gasteiger partial charge in [-0.05, 0) is 57.8 Å². The third-order valence-electron chi connectivity index (χ3n) is 14.0. The van der Waals surface area contributed by atoms with Gasteiger partial charge in [0.05, 0.1) is 0 Å². The Bertz CT molecular complexity index is 1370. The van der Waals surface area contributed by atoms with E-state index in [1.807, 2.05) is 6.08 Å². The van der Waals surface area contributed by atoms with Gasteiger partial charge in [0.25, 0.3) is 0 Å². The molecule has 0 unspecified atom stereocenters. The van der Waals surface area contributed by atoms with Gasteiger partial charge in [0.15, 0.2) is 6.10 Å². The normalized spacial score (nSPS) is 12.5. The minimum absolute atomic E-state index is 0.0940. The summed E-state index contributed by atoms with van der Waals surface area (Å²) < 4.78 is 16.9. The van der Waals surface area contributed by atoms with E-state index in [-0.39, 0.29) is 37.5 Å². The standard InChI is InChI=1S/C68H120O6/c1-4-7-10-13-16-19-22-25-28-31-34-37-40-43-46-49-52-55-58-61-67(70)73-64-65(63-72-66(69)60-57-54-51-48-45-42-39-36-33-30-27-24-21-18-15-12-9-6-3)74-68(71)62-59-56-53-50-47-44-41-38-35-32-29-26-23-20-17-14-11-8-5-2/h7,10,16,19,25,28,34,37,43,46,52,55,65H,4-6,8-9,11-15,17-18,20-24,26-27,29-33,35-36,38-42,44-45,47-51,53-54,56-64H2,1-3H3/b10-7-,19-16-,28-25-,37-34-,46-43-,55-52-/t65-/m1/s1. The van der Waals surface area contributed by atoms with Crippen molar-refractivity contribution >= 4 is 17.9 Å². The number of esters is 3. The summed E-state index contributed by atoms with van der Waals surface area (Å²) in [5.41, 5.74) is 0. The van der Waals surface area contributed by atoms with E-state index < -0.39 is 6.10 Å². The molecule has 428 valence electrons. The first-order valence-corrected chi connectivity index (χ1v) is 31.9.